The van der Waals surface area contributed by atoms with Gasteiger partial charge >= 0.3 is 6.03 Å². The summed E-state index contributed by atoms with van der Waals surface area (Å²) in [4.78, 5) is 14.0. The Bertz CT molecular complexity index is 740. The van der Waals surface area contributed by atoms with Crippen molar-refractivity contribution in [1.29, 1.82) is 0 Å². The first kappa shape index (κ1) is 14.1. The SMILES string of the molecule is C=C1Cc2cc(NC(=O)Nc3ccc(F)cc3)ccc2N1C. The van der Waals surface area contributed by atoms with E-state index in [0.29, 0.717) is 11.4 Å². The van der Waals surface area contributed by atoms with Gasteiger partial charge in [-0.1, -0.05) is 6.58 Å². The molecule has 5 heteroatoms. The second-order valence-electron chi connectivity index (χ2n) is 5.23. The van der Waals surface area contributed by atoms with E-state index < -0.39 is 0 Å². The van der Waals surface area contributed by atoms with Gasteiger partial charge in [0.05, 0.1) is 0 Å². The van der Waals surface area contributed by atoms with E-state index in [1.54, 1.807) is 0 Å². The number of benzene rings is 2. The fraction of sp³-hybridized carbons (Fsp3) is 0.118. The molecule has 0 aliphatic carbocycles. The standard InChI is InChI=1S/C17H16FN3O/c1-11-9-12-10-15(7-8-16(12)21(11)2)20-17(22)19-14-5-3-13(18)4-6-14/h3-8,10H,1,9H2,2H3,(H2,19,20,22). The number of nitrogens with zero attached hydrogens (tertiary/aromatic N) is 1. The molecule has 22 heavy (non-hydrogen) atoms. The Hall–Kier alpha value is -2.82. The molecule has 112 valence electrons. The largest absolute Gasteiger partial charge is 0.348 e. The lowest BCUT2D eigenvalue weighted by Crippen LogP contribution is -2.19. The predicted octanol–water partition coefficient (Wildman–Crippen LogP) is 3.98. The molecule has 0 fully saturated rings. The molecule has 0 saturated heterocycles. The molecule has 0 atom stereocenters. The van der Waals surface area contributed by atoms with Crippen LogP contribution in [0.1, 0.15) is 5.56 Å². The molecule has 0 unspecified atom stereocenters. The molecule has 0 bridgehead atoms. The Kier molecular flexibility index (Phi) is 3.55. The number of likely N-dealkylation sites (N-methyl/N-ethyl adjacent to an activating group) is 1. The third-order valence-electron chi connectivity index (χ3n) is 3.67. The normalized spacial score (nSPS) is 13.0. The lowest BCUT2D eigenvalue weighted by Gasteiger charge is -2.14. The molecule has 2 amide bonds. The number of halogens is 1. The zero-order valence-electron chi connectivity index (χ0n) is 12.2. The predicted molar refractivity (Wildman–Crippen MR) is 86.7 cm³/mol. The van der Waals surface area contributed by atoms with Crippen LogP contribution in [0.15, 0.2) is 54.7 Å². The maximum absolute atomic E-state index is 12.8. The topological polar surface area (TPSA) is 44.4 Å². The van der Waals surface area contributed by atoms with Crippen molar-refractivity contribution in [2.75, 3.05) is 22.6 Å². The average Bonchev–Trinajstić information content (AvgIpc) is 2.76. The smallest absolute Gasteiger partial charge is 0.323 e. The van der Waals surface area contributed by atoms with Gasteiger partial charge in [-0.15, -0.1) is 0 Å². The van der Waals surface area contributed by atoms with E-state index in [0.717, 1.165) is 23.4 Å². The van der Waals surface area contributed by atoms with Gasteiger partial charge in [-0.25, -0.2) is 9.18 Å². The minimum absolute atomic E-state index is 0.339. The van der Waals surface area contributed by atoms with E-state index >= 15 is 0 Å². The van der Waals surface area contributed by atoms with Gasteiger partial charge in [-0.05, 0) is 48.0 Å². The summed E-state index contributed by atoms with van der Waals surface area (Å²) in [7, 11) is 1.97. The van der Waals surface area contributed by atoms with Gasteiger partial charge in [0.1, 0.15) is 5.82 Å². The van der Waals surface area contributed by atoms with E-state index in [9.17, 15) is 9.18 Å². The highest BCUT2D eigenvalue weighted by molar-refractivity contribution is 6.00. The second-order valence-corrected chi connectivity index (χ2v) is 5.23. The van der Waals surface area contributed by atoms with E-state index in [2.05, 4.69) is 17.2 Å². The number of rotatable bonds is 2. The van der Waals surface area contributed by atoms with Crippen molar-refractivity contribution < 1.29 is 9.18 Å². The van der Waals surface area contributed by atoms with Crippen LogP contribution in [-0.4, -0.2) is 13.1 Å². The highest BCUT2D eigenvalue weighted by Gasteiger charge is 2.19. The third kappa shape index (κ3) is 2.79. The minimum Gasteiger partial charge on any atom is -0.348 e. The zero-order chi connectivity index (χ0) is 15.7. The van der Waals surface area contributed by atoms with Crippen molar-refractivity contribution in [2.45, 2.75) is 6.42 Å². The molecule has 2 aromatic carbocycles. The van der Waals surface area contributed by atoms with Crippen molar-refractivity contribution >= 4 is 23.1 Å². The molecule has 2 aromatic rings. The van der Waals surface area contributed by atoms with E-state index in [1.807, 2.05) is 30.1 Å². The van der Waals surface area contributed by atoms with Gasteiger partial charge < -0.3 is 15.5 Å². The minimum atomic E-state index is -0.364. The van der Waals surface area contributed by atoms with Gasteiger partial charge in [0.15, 0.2) is 0 Å². The monoisotopic (exact) mass is 297 g/mol. The van der Waals surface area contributed by atoms with Gasteiger partial charge in [-0.2, -0.15) is 0 Å². The number of nitrogens with one attached hydrogen (secondary N) is 2. The Morgan fingerprint density at radius 2 is 1.77 bits per heavy atom. The summed E-state index contributed by atoms with van der Waals surface area (Å²) >= 11 is 0. The number of amides is 2. The Labute approximate surface area is 128 Å². The Morgan fingerprint density at radius 1 is 1.14 bits per heavy atom. The molecular formula is C17H16FN3O. The molecule has 3 rings (SSSR count). The van der Waals surface area contributed by atoms with Crippen molar-refractivity contribution in [3.05, 3.63) is 66.1 Å². The van der Waals surface area contributed by atoms with Crippen LogP contribution in [0.2, 0.25) is 0 Å². The molecule has 0 saturated carbocycles. The van der Waals surface area contributed by atoms with Crippen molar-refractivity contribution in [3.8, 4) is 0 Å². The maximum Gasteiger partial charge on any atom is 0.323 e. The first-order valence-corrected chi connectivity index (χ1v) is 6.91. The van der Waals surface area contributed by atoms with Crippen LogP contribution in [0.4, 0.5) is 26.2 Å². The number of hydrogen-bond acceptors (Lipinski definition) is 2. The number of allylic oxidation sites excluding steroid dienone is 1. The van der Waals surface area contributed by atoms with Crippen LogP contribution in [-0.2, 0) is 6.42 Å². The summed E-state index contributed by atoms with van der Waals surface area (Å²) in [5.74, 6) is -0.339. The summed E-state index contributed by atoms with van der Waals surface area (Å²) in [5.41, 5.74) is 4.51. The van der Waals surface area contributed by atoms with E-state index in [4.69, 9.17) is 0 Å². The molecule has 1 heterocycles. The Morgan fingerprint density at radius 3 is 2.50 bits per heavy atom. The van der Waals surface area contributed by atoms with Crippen LogP contribution < -0.4 is 15.5 Å². The van der Waals surface area contributed by atoms with Crippen LogP contribution in [0.3, 0.4) is 0 Å². The lowest BCUT2D eigenvalue weighted by atomic mass is 10.1. The van der Waals surface area contributed by atoms with Gasteiger partial charge in [0, 0.05) is 36.2 Å². The van der Waals surface area contributed by atoms with E-state index in [-0.39, 0.29) is 11.8 Å². The number of carbonyl (C=O) groups excluding carboxylic acids is 1. The molecule has 4 nitrogen and oxygen atoms in total. The van der Waals surface area contributed by atoms with Crippen LogP contribution in [0.25, 0.3) is 0 Å². The zero-order valence-corrected chi connectivity index (χ0v) is 12.2. The number of anilines is 3. The molecular weight excluding hydrogens is 281 g/mol. The second kappa shape index (κ2) is 5.52. The van der Waals surface area contributed by atoms with Crippen LogP contribution >= 0.6 is 0 Å². The first-order valence-electron chi connectivity index (χ1n) is 6.91. The summed E-state index contributed by atoms with van der Waals surface area (Å²) in [6.07, 6.45) is 0.779. The quantitative estimate of drug-likeness (QED) is 0.880. The molecule has 1 aliphatic rings. The van der Waals surface area contributed by atoms with Gasteiger partial charge in [0.25, 0.3) is 0 Å². The number of fused-ring (bicyclic) bond motifs is 1. The third-order valence-corrected chi connectivity index (χ3v) is 3.67. The summed E-state index contributed by atoms with van der Waals surface area (Å²) in [6.45, 7) is 4.00. The van der Waals surface area contributed by atoms with E-state index in [1.165, 1.54) is 24.3 Å². The van der Waals surface area contributed by atoms with Gasteiger partial charge in [0.2, 0.25) is 0 Å². The average molecular weight is 297 g/mol. The number of urea groups is 1. The lowest BCUT2D eigenvalue weighted by molar-refractivity contribution is 0.262. The van der Waals surface area contributed by atoms with Crippen molar-refractivity contribution in [3.63, 3.8) is 0 Å². The highest BCUT2D eigenvalue weighted by Crippen LogP contribution is 2.34. The molecule has 0 radical (unpaired) electrons. The van der Waals surface area contributed by atoms with Crippen molar-refractivity contribution in [2.24, 2.45) is 0 Å². The van der Waals surface area contributed by atoms with Crippen LogP contribution in [0.5, 0.6) is 0 Å². The summed E-state index contributed by atoms with van der Waals surface area (Å²) in [5, 5.41) is 5.43. The van der Waals surface area contributed by atoms with Gasteiger partial charge in [-0.3, -0.25) is 0 Å². The summed E-state index contributed by atoms with van der Waals surface area (Å²) in [6, 6.07) is 11.0. The van der Waals surface area contributed by atoms with Crippen molar-refractivity contribution in [1.82, 2.24) is 0 Å². The molecule has 0 aromatic heterocycles. The Balaban J connectivity index is 1.69. The maximum atomic E-state index is 12.8. The first-order chi connectivity index (χ1) is 10.5. The summed E-state index contributed by atoms with van der Waals surface area (Å²) < 4.78 is 12.8. The molecule has 0 spiro atoms. The van der Waals surface area contributed by atoms with Crippen LogP contribution in [0, 0.1) is 5.82 Å². The number of carbonyl (C=O) groups is 1. The molecule has 1 aliphatic heterocycles. The number of hydrogen-bond donors (Lipinski definition) is 2. The molecule has 2 N–H and O–H groups in total. The fourth-order valence-corrected chi connectivity index (χ4v) is 2.47. The highest BCUT2D eigenvalue weighted by atomic mass is 19.1. The fourth-order valence-electron chi connectivity index (χ4n) is 2.47.